The fraction of sp³-hybridized carbons (Fsp3) is 0.562. The van der Waals surface area contributed by atoms with E-state index in [0.717, 1.165) is 5.56 Å². The smallest absolute Gasteiger partial charge is 0.240 e. The average Bonchev–Trinajstić information content (AvgIpc) is 2.62. The lowest BCUT2D eigenvalue weighted by Gasteiger charge is -2.35. The van der Waals surface area contributed by atoms with Gasteiger partial charge in [0.15, 0.2) is 0 Å². The Hall–Kier alpha value is -1.19. The van der Waals surface area contributed by atoms with Gasteiger partial charge in [-0.05, 0) is 44.5 Å². The number of halogens is 1. The molecule has 7 nitrogen and oxygen atoms in total. The minimum atomic E-state index is -3.46. The zero-order valence-corrected chi connectivity index (χ0v) is 16.1. The lowest BCUT2D eigenvalue weighted by Crippen LogP contribution is -2.49. The minimum Gasteiger partial charge on any atom is -0.381 e. The number of carbonyl (C=O) groups is 1. The van der Waals surface area contributed by atoms with Crippen LogP contribution in [-0.2, 0) is 19.6 Å². The number of nitrogens with one attached hydrogen (secondary N) is 2. The molecule has 1 atom stereocenters. The van der Waals surface area contributed by atoms with Gasteiger partial charge in [-0.1, -0.05) is 12.1 Å². The van der Waals surface area contributed by atoms with Crippen molar-refractivity contribution in [3.05, 3.63) is 29.8 Å². The second-order valence-corrected chi connectivity index (χ2v) is 7.96. The Morgan fingerprint density at radius 1 is 1.28 bits per heavy atom. The second kappa shape index (κ2) is 8.95. The predicted molar refractivity (Wildman–Crippen MR) is 98.0 cm³/mol. The fourth-order valence-corrected chi connectivity index (χ4v) is 3.50. The van der Waals surface area contributed by atoms with Gasteiger partial charge in [-0.2, -0.15) is 0 Å². The van der Waals surface area contributed by atoms with Gasteiger partial charge >= 0.3 is 0 Å². The first-order chi connectivity index (χ1) is 11.3. The van der Waals surface area contributed by atoms with E-state index in [9.17, 15) is 13.2 Å². The number of rotatable bonds is 6. The van der Waals surface area contributed by atoms with Crippen LogP contribution in [0.4, 0.5) is 0 Å². The highest BCUT2D eigenvalue weighted by molar-refractivity contribution is 7.89. The van der Waals surface area contributed by atoms with Crippen LogP contribution in [0.15, 0.2) is 29.2 Å². The van der Waals surface area contributed by atoms with Gasteiger partial charge in [0.25, 0.3) is 0 Å². The monoisotopic (exact) mass is 391 g/mol. The molecule has 0 aliphatic carbocycles. The molecule has 1 aliphatic heterocycles. The van der Waals surface area contributed by atoms with Crippen LogP contribution in [0.25, 0.3) is 0 Å². The average molecular weight is 392 g/mol. The van der Waals surface area contributed by atoms with Crippen molar-refractivity contribution in [2.45, 2.75) is 30.7 Å². The van der Waals surface area contributed by atoms with E-state index in [4.69, 9.17) is 10.5 Å². The van der Waals surface area contributed by atoms with Crippen LogP contribution in [-0.4, -0.2) is 41.1 Å². The summed E-state index contributed by atoms with van der Waals surface area (Å²) in [5.74, 6) is -0.0762. The summed E-state index contributed by atoms with van der Waals surface area (Å²) in [6.45, 7) is 3.22. The van der Waals surface area contributed by atoms with Gasteiger partial charge in [-0.3, -0.25) is 4.79 Å². The van der Waals surface area contributed by atoms with Crippen LogP contribution >= 0.6 is 12.4 Å². The van der Waals surface area contributed by atoms with Crippen molar-refractivity contribution >= 4 is 28.3 Å². The van der Waals surface area contributed by atoms with Crippen LogP contribution < -0.4 is 15.8 Å². The maximum Gasteiger partial charge on any atom is 0.240 e. The van der Waals surface area contributed by atoms with E-state index in [1.165, 1.54) is 19.2 Å². The second-order valence-electron chi connectivity index (χ2n) is 6.07. The Labute approximate surface area is 155 Å². The van der Waals surface area contributed by atoms with Crippen molar-refractivity contribution in [3.8, 4) is 0 Å². The minimum absolute atomic E-state index is 0. The van der Waals surface area contributed by atoms with Gasteiger partial charge in [-0.15, -0.1) is 12.4 Å². The molecular weight excluding hydrogens is 366 g/mol. The predicted octanol–water partition coefficient (Wildman–Crippen LogP) is 0.949. The van der Waals surface area contributed by atoms with Crippen molar-refractivity contribution in [1.82, 2.24) is 10.0 Å². The Morgan fingerprint density at radius 3 is 2.32 bits per heavy atom. The standard InChI is InChI=1S/C16H25N3O4S.ClH/c1-12(13-3-5-14(6-4-13)24(21,22)18-2)19-15(20)16(11-17)7-9-23-10-8-16;/h3-6,12,18H,7-11,17H2,1-2H3,(H,19,20);1H. The maximum atomic E-state index is 12.7. The number of sulfonamides is 1. The molecule has 1 heterocycles. The molecule has 25 heavy (non-hydrogen) atoms. The highest BCUT2D eigenvalue weighted by Crippen LogP contribution is 2.30. The van der Waals surface area contributed by atoms with Gasteiger partial charge in [0.1, 0.15) is 0 Å². The molecule has 0 aromatic heterocycles. The molecule has 4 N–H and O–H groups in total. The fourth-order valence-electron chi connectivity index (χ4n) is 2.77. The summed E-state index contributed by atoms with van der Waals surface area (Å²) in [6.07, 6.45) is 1.23. The Morgan fingerprint density at radius 2 is 1.84 bits per heavy atom. The zero-order valence-electron chi connectivity index (χ0n) is 14.4. The lowest BCUT2D eigenvalue weighted by molar-refractivity contribution is -0.136. The highest BCUT2D eigenvalue weighted by Gasteiger charge is 2.39. The van der Waals surface area contributed by atoms with Crippen LogP contribution in [0.1, 0.15) is 31.4 Å². The molecule has 0 radical (unpaired) electrons. The zero-order chi connectivity index (χ0) is 17.8. The van der Waals surface area contributed by atoms with Crippen LogP contribution in [0.5, 0.6) is 0 Å². The van der Waals surface area contributed by atoms with Crippen molar-refractivity contribution < 1.29 is 17.9 Å². The molecule has 0 bridgehead atoms. The molecule has 142 valence electrons. The van der Waals surface area contributed by atoms with Crippen molar-refractivity contribution in [2.75, 3.05) is 26.8 Å². The molecule has 0 saturated carbocycles. The summed E-state index contributed by atoms with van der Waals surface area (Å²) < 4.78 is 31.1. The topological polar surface area (TPSA) is 111 Å². The van der Waals surface area contributed by atoms with Crippen LogP contribution in [0, 0.1) is 5.41 Å². The first kappa shape index (κ1) is 21.9. The normalized spacial score (nSPS) is 18.0. The first-order valence-electron chi connectivity index (χ1n) is 7.97. The molecule has 9 heteroatoms. The molecule has 1 fully saturated rings. The summed E-state index contributed by atoms with van der Waals surface area (Å²) in [5, 5.41) is 2.99. The number of amides is 1. The van der Waals surface area contributed by atoms with Gasteiger partial charge in [0.2, 0.25) is 15.9 Å². The summed E-state index contributed by atoms with van der Waals surface area (Å²) in [5.41, 5.74) is 6.10. The van der Waals surface area contributed by atoms with E-state index in [1.807, 2.05) is 6.92 Å². The van der Waals surface area contributed by atoms with E-state index in [-0.39, 0.29) is 35.8 Å². The van der Waals surface area contributed by atoms with Gasteiger partial charge in [0.05, 0.1) is 16.4 Å². The van der Waals surface area contributed by atoms with E-state index >= 15 is 0 Å². The molecule has 1 unspecified atom stereocenters. The van der Waals surface area contributed by atoms with Crippen LogP contribution in [0.2, 0.25) is 0 Å². The number of hydrogen-bond donors (Lipinski definition) is 3. The number of carbonyl (C=O) groups excluding carboxylic acids is 1. The van der Waals surface area contributed by atoms with Gasteiger partial charge in [-0.25, -0.2) is 13.1 Å². The maximum absolute atomic E-state index is 12.7. The van der Waals surface area contributed by atoms with Gasteiger partial charge < -0.3 is 15.8 Å². The quantitative estimate of drug-likeness (QED) is 0.668. The molecule has 1 aromatic carbocycles. The highest BCUT2D eigenvalue weighted by atomic mass is 35.5. The third-order valence-corrected chi connectivity index (χ3v) is 6.06. The third kappa shape index (κ3) is 4.92. The Kier molecular flexibility index (Phi) is 7.83. The lowest BCUT2D eigenvalue weighted by atomic mass is 9.79. The van der Waals surface area contributed by atoms with Gasteiger partial charge in [0, 0.05) is 19.8 Å². The molecular formula is C16H26ClN3O4S. The summed E-state index contributed by atoms with van der Waals surface area (Å²) >= 11 is 0. The number of ether oxygens (including phenoxy) is 1. The number of nitrogens with two attached hydrogens (primary N) is 1. The number of benzene rings is 1. The largest absolute Gasteiger partial charge is 0.381 e. The van der Waals surface area contributed by atoms with E-state index in [2.05, 4.69) is 10.0 Å². The molecule has 1 aliphatic rings. The summed E-state index contributed by atoms with van der Waals surface area (Å²) in [4.78, 5) is 12.8. The summed E-state index contributed by atoms with van der Waals surface area (Å²) in [6, 6.07) is 6.21. The Balaban J connectivity index is 0.00000312. The number of hydrogen-bond acceptors (Lipinski definition) is 5. The van der Waals surface area contributed by atoms with E-state index in [1.54, 1.807) is 12.1 Å². The molecule has 1 aromatic rings. The molecule has 0 spiro atoms. The van der Waals surface area contributed by atoms with Crippen molar-refractivity contribution in [2.24, 2.45) is 11.1 Å². The SMILES string of the molecule is CNS(=O)(=O)c1ccc(C(C)NC(=O)C2(CN)CCOCC2)cc1.Cl. The molecule has 1 amide bonds. The van der Waals surface area contributed by atoms with Crippen molar-refractivity contribution in [3.63, 3.8) is 0 Å². The summed E-state index contributed by atoms with van der Waals surface area (Å²) in [7, 11) is -2.10. The van der Waals surface area contributed by atoms with Crippen LogP contribution in [0.3, 0.4) is 0 Å². The molecule has 1 saturated heterocycles. The van der Waals surface area contributed by atoms with E-state index in [0.29, 0.717) is 26.1 Å². The third-order valence-electron chi connectivity index (χ3n) is 4.63. The van der Waals surface area contributed by atoms with Crippen molar-refractivity contribution in [1.29, 1.82) is 0 Å². The molecule has 2 rings (SSSR count). The first-order valence-corrected chi connectivity index (χ1v) is 9.45. The Bertz CT molecular complexity index is 673. The van der Waals surface area contributed by atoms with E-state index < -0.39 is 15.4 Å².